The second kappa shape index (κ2) is 12.3. The third-order valence-electron chi connectivity index (χ3n) is 4.69. The summed E-state index contributed by atoms with van der Waals surface area (Å²) in [5, 5.41) is 14.8. The van der Waals surface area contributed by atoms with E-state index in [-0.39, 0.29) is 12.2 Å². The van der Waals surface area contributed by atoms with Crippen LogP contribution in [0.15, 0.2) is 54.6 Å². The van der Waals surface area contributed by atoms with E-state index in [4.69, 9.17) is 10.5 Å². The lowest BCUT2D eigenvalue weighted by atomic mass is 10.1. The van der Waals surface area contributed by atoms with E-state index in [2.05, 4.69) is 10.6 Å². The number of amides is 1. The number of para-hydroxylation sites is 1. The first-order valence-corrected chi connectivity index (χ1v) is 10.2. The van der Waals surface area contributed by atoms with Crippen molar-refractivity contribution in [3.63, 3.8) is 0 Å². The van der Waals surface area contributed by atoms with Gasteiger partial charge in [-0.3, -0.25) is 4.79 Å². The van der Waals surface area contributed by atoms with Crippen molar-refractivity contribution in [3.05, 3.63) is 65.7 Å². The molecular weight excluding hydrogens is 398 g/mol. The minimum atomic E-state index is -1.09. The maximum atomic E-state index is 12.6. The lowest BCUT2D eigenvalue weighted by Crippen LogP contribution is -2.47. The standard InChI is InChI=1S/C23H29N3O5/c1-16(21(27)26-20(22(28)29)13-7-8-14-24)25-19-12-6-5-11-18(19)23(30)31-15-17-9-3-2-4-10-17/h2-6,9-12,16,20,25H,7-8,13-15,24H2,1H3,(H,26,27)(H,28,29). The van der Waals surface area contributed by atoms with E-state index in [1.54, 1.807) is 31.2 Å². The summed E-state index contributed by atoms with van der Waals surface area (Å²) in [6.07, 6.45) is 1.59. The number of aliphatic carboxylic acids is 1. The maximum absolute atomic E-state index is 12.6. The minimum absolute atomic E-state index is 0.132. The van der Waals surface area contributed by atoms with Crippen LogP contribution in [0, 0.1) is 0 Å². The molecule has 1 amide bonds. The molecule has 2 unspecified atom stereocenters. The van der Waals surface area contributed by atoms with Crippen LogP contribution in [0.25, 0.3) is 0 Å². The zero-order chi connectivity index (χ0) is 22.6. The number of hydrogen-bond acceptors (Lipinski definition) is 6. The van der Waals surface area contributed by atoms with Gasteiger partial charge in [-0.2, -0.15) is 0 Å². The van der Waals surface area contributed by atoms with Gasteiger partial charge >= 0.3 is 11.9 Å². The number of carboxylic acid groups (broad SMARTS) is 1. The lowest BCUT2D eigenvalue weighted by Gasteiger charge is -2.20. The number of rotatable bonds is 12. The van der Waals surface area contributed by atoms with Gasteiger partial charge in [-0.15, -0.1) is 0 Å². The summed E-state index contributed by atoms with van der Waals surface area (Å²) in [7, 11) is 0. The Hall–Kier alpha value is -3.39. The fourth-order valence-electron chi connectivity index (χ4n) is 2.93. The van der Waals surface area contributed by atoms with Crippen LogP contribution < -0.4 is 16.4 Å². The van der Waals surface area contributed by atoms with Crippen LogP contribution >= 0.6 is 0 Å². The second-order valence-electron chi connectivity index (χ2n) is 7.16. The molecule has 0 aliphatic rings. The van der Waals surface area contributed by atoms with Crippen LogP contribution in [0.4, 0.5) is 5.69 Å². The Morgan fingerprint density at radius 1 is 1.03 bits per heavy atom. The number of hydrogen-bond donors (Lipinski definition) is 4. The number of nitrogens with two attached hydrogens (primary N) is 1. The molecule has 31 heavy (non-hydrogen) atoms. The smallest absolute Gasteiger partial charge is 0.340 e. The van der Waals surface area contributed by atoms with Gasteiger partial charge in [-0.1, -0.05) is 42.5 Å². The maximum Gasteiger partial charge on any atom is 0.340 e. The summed E-state index contributed by atoms with van der Waals surface area (Å²) < 4.78 is 5.38. The number of benzene rings is 2. The van der Waals surface area contributed by atoms with Crippen LogP contribution in [-0.4, -0.2) is 41.6 Å². The van der Waals surface area contributed by atoms with Crippen molar-refractivity contribution in [2.75, 3.05) is 11.9 Å². The van der Waals surface area contributed by atoms with Crippen LogP contribution in [-0.2, 0) is 20.9 Å². The van der Waals surface area contributed by atoms with Gasteiger partial charge in [0.1, 0.15) is 18.7 Å². The highest BCUT2D eigenvalue weighted by Gasteiger charge is 2.23. The molecular formula is C23H29N3O5. The number of nitrogens with one attached hydrogen (secondary N) is 2. The zero-order valence-corrected chi connectivity index (χ0v) is 17.5. The van der Waals surface area contributed by atoms with Gasteiger partial charge in [0.05, 0.1) is 5.56 Å². The summed E-state index contributed by atoms with van der Waals surface area (Å²) in [6.45, 7) is 2.20. The first-order chi connectivity index (χ1) is 14.9. The second-order valence-corrected chi connectivity index (χ2v) is 7.16. The van der Waals surface area contributed by atoms with Crippen molar-refractivity contribution in [2.45, 2.75) is 44.9 Å². The Labute approximate surface area is 181 Å². The average Bonchev–Trinajstić information content (AvgIpc) is 2.77. The Balaban J connectivity index is 1.99. The molecule has 0 spiro atoms. The summed E-state index contributed by atoms with van der Waals surface area (Å²) >= 11 is 0. The van der Waals surface area contributed by atoms with Crippen LogP contribution in [0.2, 0.25) is 0 Å². The van der Waals surface area contributed by atoms with Crippen molar-refractivity contribution >= 4 is 23.5 Å². The summed E-state index contributed by atoms with van der Waals surface area (Å²) in [6, 6.07) is 14.3. The minimum Gasteiger partial charge on any atom is -0.480 e. The molecule has 2 aromatic carbocycles. The van der Waals surface area contributed by atoms with Crippen molar-refractivity contribution in [1.29, 1.82) is 0 Å². The monoisotopic (exact) mass is 427 g/mol. The first kappa shape index (κ1) is 23.9. The molecule has 0 radical (unpaired) electrons. The van der Waals surface area contributed by atoms with E-state index in [1.807, 2.05) is 30.3 Å². The fourth-order valence-corrected chi connectivity index (χ4v) is 2.93. The molecule has 2 aromatic rings. The summed E-state index contributed by atoms with van der Waals surface area (Å²) in [5.41, 5.74) is 7.02. The predicted molar refractivity (Wildman–Crippen MR) is 118 cm³/mol. The van der Waals surface area contributed by atoms with E-state index in [1.165, 1.54) is 0 Å². The molecule has 0 aliphatic carbocycles. The number of carboxylic acids is 1. The summed E-state index contributed by atoms with van der Waals surface area (Å²) in [5.74, 6) is -2.10. The molecule has 8 heteroatoms. The Morgan fingerprint density at radius 3 is 2.39 bits per heavy atom. The number of ether oxygens (including phenoxy) is 1. The molecule has 0 aromatic heterocycles. The van der Waals surface area contributed by atoms with Crippen LogP contribution in [0.5, 0.6) is 0 Å². The molecule has 2 rings (SSSR count). The number of carbonyl (C=O) groups is 3. The Bertz CT molecular complexity index is 873. The molecule has 0 heterocycles. The molecule has 2 atom stereocenters. The van der Waals surface area contributed by atoms with E-state index >= 15 is 0 Å². The highest BCUT2D eigenvalue weighted by atomic mass is 16.5. The Kier molecular flexibility index (Phi) is 9.51. The fraction of sp³-hybridized carbons (Fsp3) is 0.348. The first-order valence-electron chi connectivity index (χ1n) is 10.2. The van der Waals surface area contributed by atoms with Crippen LogP contribution in [0.3, 0.4) is 0 Å². The van der Waals surface area contributed by atoms with Gasteiger partial charge in [0.15, 0.2) is 0 Å². The zero-order valence-electron chi connectivity index (χ0n) is 17.5. The Morgan fingerprint density at radius 2 is 1.71 bits per heavy atom. The lowest BCUT2D eigenvalue weighted by molar-refractivity contribution is -0.142. The van der Waals surface area contributed by atoms with Crippen molar-refractivity contribution in [1.82, 2.24) is 5.32 Å². The molecule has 0 saturated heterocycles. The van der Waals surface area contributed by atoms with Crippen molar-refractivity contribution in [3.8, 4) is 0 Å². The topological polar surface area (TPSA) is 131 Å². The molecule has 0 saturated carbocycles. The normalized spacial score (nSPS) is 12.5. The van der Waals surface area contributed by atoms with Crippen molar-refractivity contribution in [2.24, 2.45) is 5.73 Å². The SMILES string of the molecule is CC(Nc1ccccc1C(=O)OCc1ccccc1)C(=O)NC(CCCCN)C(=O)O. The van der Waals surface area contributed by atoms with Crippen molar-refractivity contribution < 1.29 is 24.2 Å². The number of carbonyl (C=O) groups excluding carboxylic acids is 2. The quantitative estimate of drug-likeness (QED) is 0.302. The van der Waals surface area contributed by atoms with Crippen LogP contribution in [0.1, 0.15) is 42.1 Å². The third kappa shape index (κ3) is 7.75. The predicted octanol–water partition coefficient (Wildman–Crippen LogP) is 2.54. The average molecular weight is 428 g/mol. The highest BCUT2D eigenvalue weighted by molar-refractivity contribution is 5.97. The van der Waals surface area contributed by atoms with Gasteiger partial charge in [-0.25, -0.2) is 9.59 Å². The van der Waals surface area contributed by atoms with Gasteiger partial charge in [-0.05, 0) is 50.4 Å². The summed E-state index contributed by atoms with van der Waals surface area (Å²) in [4.78, 5) is 36.5. The third-order valence-corrected chi connectivity index (χ3v) is 4.69. The van der Waals surface area contributed by atoms with E-state index in [0.717, 1.165) is 5.56 Å². The van der Waals surface area contributed by atoms with E-state index in [9.17, 15) is 19.5 Å². The van der Waals surface area contributed by atoms with E-state index in [0.29, 0.717) is 31.5 Å². The molecule has 166 valence electrons. The van der Waals surface area contributed by atoms with Gasteiger partial charge in [0.2, 0.25) is 5.91 Å². The van der Waals surface area contributed by atoms with E-state index < -0.39 is 29.9 Å². The van der Waals surface area contributed by atoms with Gasteiger partial charge in [0, 0.05) is 5.69 Å². The number of unbranched alkanes of at least 4 members (excludes halogenated alkanes) is 1. The largest absolute Gasteiger partial charge is 0.480 e. The number of esters is 1. The van der Waals surface area contributed by atoms with Gasteiger partial charge in [0.25, 0.3) is 0 Å². The molecule has 0 bridgehead atoms. The van der Waals surface area contributed by atoms with Gasteiger partial charge < -0.3 is 26.2 Å². The highest BCUT2D eigenvalue weighted by Crippen LogP contribution is 2.18. The molecule has 0 fully saturated rings. The molecule has 0 aliphatic heterocycles. The molecule has 8 nitrogen and oxygen atoms in total. The number of anilines is 1. The molecule has 5 N–H and O–H groups in total.